The molecular weight excluding hydrogens is 264 g/mol. The Labute approximate surface area is 126 Å². The maximum atomic E-state index is 12.6. The van der Waals surface area contributed by atoms with E-state index >= 15 is 0 Å². The molecule has 0 aliphatic heterocycles. The Kier molecular flexibility index (Phi) is 4.99. The first kappa shape index (κ1) is 15.5. The molecule has 1 saturated carbocycles. The number of para-hydroxylation sites is 1. The summed E-state index contributed by atoms with van der Waals surface area (Å²) in [6, 6.07) is 9.66. The molecule has 0 bridgehead atoms. The zero-order chi connectivity index (χ0) is 15.4. The summed E-state index contributed by atoms with van der Waals surface area (Å²) in [5, 5.41) is 0. The monoisotopic (exact) mass is 288 g/mol. The first-order valence-electron chi connectivity index (χ1n) is 7.79. The summed E-state index contributed by atoms with van der Waals surface area (Å²) in [5.41, 5.74) is 0.908. The van der Waals surface area contributed by atoms with Crippen LogP contribution in [0.25, 0.3) is 0 Å². The van der Waals surface area contributed by atoms with Gasteiger partial charge in [0, 0.05) is 25.3 Å². The first-order chi connectivity index (χ1) is 10.1. The van der Waals surface area contributed by atoms with Gasteiger partial charge in [-0.15, -0.1) is 0 Å². The van der Waals surface area contributed by atoms with Gasteiger partial charge in [0.1, 0.15) is 0 Å². The summed E-state index contributed by atoms with van der Waals surface area (Å²) in [6.45, 7) is 7.97. The molecule has 1 aromatic carbocycles. The van der Waals surface area contributed by atoms with Gasteiger partial charge in [-0.25, -0.2) is 0 Å². The molecule has 0 N–H and O–H groups in total. The van der Waals surface area contributed by atoms with Crippen LogP contribution >= 0.6 is 0 Å². The molecule has 1 fully saturated rings. The van der Waals surface area contributed by atoms with E-state index in [0.29, 0.717) is 26.1 Å². The molecule has 0 saturated heterocycles. The lowest BCUT2D eigenvalue weighted by molar-refractivity contribution is -0.134. The highest BCUT2D eigenvalue weighted by Gasteiger charge is 2.50. The van der Waals surface area contributed by atoms with Crippen LogP contribution in [0.5, 0.6) is 0 Å². The lowest BCUT2D eigenvalue weighted by Gasteiger charge is -2.22. The molecule has 2 unspecified atom stereocenters. The maximum absolute atomic E-state index is 12.6. The van der Waals surface area contributed by atoms with Gasteiger partial charge in [-0.1, -0.05) is 18.2 Å². The third-order valence-corrected chi connectivity index (χ3v) is 4.15. The topological polar surface area (TPSA) is 40.6 Å². The summed E-state index contributed by atoms with van der Waals surface area (Å²) >= 11 is 0. The molecule has 0 heterocycles. The number of hydrogen-bond donors (Lipinski definition) is 0. The van der Waals surface area contributed by atoms with Gasteiger partial charge in [-0.2, -0.15) is 0 Å². The highest BCUT2D eigenvalue weighted by molar-refractivity contribution is 6.01. The van der Waals surface area contributed by atoms with Gasteiger partial charge in [0.05, 0.1) is 11.8 Å². The van der Waals surface area contributed by atoms with Crippen LogP contribution in [0.1, 0.15) is 27.2 Å². The average Bonchev–Trinajstić information content (AvgIpc) is 3.30. The number of amides is 2. The standard InChI is InChI=1S/C17H24N2O2/c1-4-18(5-2)16(20)14-12-15(14)17(21)19(6-3)13-10-8-7-9-11-13/h7-11,14-15H,4-6,12H2,1-3H3. The normalized spacial score (nSPS) is 20.0. The predicted octanol–water partition coefficient (Wildman–Crippen LogP) is 2.54. The number of carbonyl (C=O) groups excluding carboxylic acids is 2. The van der Waals surface area contributed by atoms with Crippen molar-refractivity contribution in [1.82, 2.24) is 4.90 Å². The van der Waals surface area contributed by atoms with Gasteiger partial charge in [0.15, 0.2) is 0 Å². The predicted molar refractivity (Wildman–Crippen MR) is 84.0 cm³/mol. The van der Waals surface area contributed by atoms with Crippen molar-refractivity contribution in [3.8, 4) is 0 Å². The van der Waals surface area contributed by atoms with Crippen LogP contribution in [0.3, 0.4) is 0 Å². The number of carbonyl (C=O) groups is 2. The zero-order valence-electron chi connectivity index (χ0n) is 13.1. The van der Waals surface area contributed by atoms with Crippen LogP contribution in [0, 0.1) is 11.8 Å². The molecule has 1 aliphatic carbocycles. The first-order valence-corrected chi connectivity index (χ1v) is 7.79. The van der Waals surface area contributed by atoms with Crippen molar-refractivity contribution in [2.75, 3.05) is 24.5 Å². The van der Waals surface area contributed by atoms with E-state index in [2.05, 4.69) is 0 Å². The highest BCUT2D eigenvalue weighted by atomic mass is 16.2. The van der Waals surface area contributed by atoms with Crippen molar-refractivity contribution >= 4 is 17.5 Å². The van der Waals surface area contributed by atoms with Crippen molar-refractivity contribution in [3.05, 3.63) is 30.3 Å². The molecule has 4 heteroatoms. The minimum absolute atomic E-state index is 0.0780. The molecular formula is C17H24N2O2. The highest BCUT2D eigenvalue weighted by Crippen LogP contribution is 2.42. The number of benzene rings is 1. The van der Waals surface area contributed by atoms with E-state index in [1.54, 1.807) is 4.90 Å². The Morgan fingerprint density at radius 1 is 0.952 bits per heavy atom. The van der Waals surface area contributed by atoms with E-state index in [0.717, 1.165) is 5.69 Å². The number of anilines is 1. The lowest BCUT2D eigenvalue weighted by Crippen LogP contribution is -2.36. The van der Waals surface area contributed by atoms with E-state index < -0.39 is 0 Å². The van der Waals surface area contributed by atoms with Crippen molar-refractivity contribution in [2.45, 2.75) is 27.2 Å². The van der Waals surface area contributed by atoms with Crippen LogP contribution in [0.4, 0.5) is 5.69 Å². The third-order valence-electron chi connectivity index (χ3n) is 4.15. The second kappa shape index (κ2) is 6.74. The van der Waals surface area contributed by atoms with Crippen molar-refractivity contribution in [1.29, 1.82) is 0 Å². The molecule has 0 radical (unpaired) electrons. The molecule has 0 spiro atoms. The van der Waals surface area contributed by atoms with Gasteiger partial charge < -0.3 is 9.80 Å². The average molecular weight is 288 g/mol. The van der Waals surface area contributed by atoms with Gasteiger partial charge in [-0.05, 0) is 39.3 Å². The van der Waals surface area contributed by atoms with Gasteiger partial charge in [-0.3, -0.25) is 9.59 Å². The van der Waals surface area contributed by atoms with Gasteiger partial charge in [0.25, 0.3) is 0 Å². The van der Waals surface area contributed by atoms with Gasteiger partial charge >= 0.3 is 0 Å². The summed E-state index contributed by atoms with van der Waals surface area (Å²) in [7, 11) is 0. The minimum atomic E-state index is -0.141. The summed E-state index contributed by atoms with van der Waals surface area (Å²) in [5.74, 6) is -0.0508. The number of nitrogens with zero attached hydrogens (tertiary/aromatic N) is 2. The van der Waals surface area contributed by atoms with Crippen molar-refractivity contribution in [2.24, 2.45) is 11.8 Å². The fourth-order valence-corrected chi connectivity index (χ4v) is 2.78. The molecule has 4 nitrogen and oxygen atoms in total. The second-order valence-electron chi connectivity index (χ2n) is 5.38. The molecule has 2 rings (SSSR count). The fraction of sp³-hybridized carbons (Fsp3) is 0.529. The Morgan fingerprint density at radius 2 is 1.52 bits per heavy atom. The molecule has 1 aromatic rings. The third kappa shape index (κ3) is 3.26. The Balaban J connectivity index is 2.03. The molecule has 114 valence electrons. The fourth-order valence-electron chi connectivity index (χ4n) is 2.78. The molecule has 21 heavy (non-hydrogen) atoms. The van der Waals surface area contributed by atoms with E-state index in [1.807, 2.05) is 56.0 Å². The van der Waals surface area contributed by atoms with Crippen molar-refractivity contribution < 1.29 is 9.59 Å². The molecule has 0 aromatic heterocycles. The molecule has 2 atom stereocenters. The lowest BCUT2D eigenvalue weighted by atomic mass is 10.2. The van der Waals surface area contributed by atoms with Crippen LogP contribution in [0.2, 0.25) is 0 Å². The minimum Gasteiger partial charge on any atom is -0.343 e. The van der Waals surface area contributed by atoms with Crippen LogP contribution in [-0.2, 0) is 9.59 Å². The Morgan fingerprint density at radius 3 is 2.05 bits per heavy atom. The smallest absolute Gasteiger partial charge is 0.230 e. The zero-order valence-corrected chi connectivity index (χ0v) is 13.1. The molecule has 2 amide bonds. The number of rotatable bonds is 6. The summed E-state index contributed by atoms with van der Waals surface area (Å²) < 4.78 is 0. The van der Waals surface area contributed by atoms with Crippen LogP contribution < -0.4 is 4.90 Å². The second-order valence-corrected chi connectivity index (χ2v) is 5.38. The van der Waals surface area contributed by atoms with Crippen LogP contribution in [-0.4, -0.2) is 36.3 Å². The summed E-state index contributed by atoms with van der Waals surface area (Å²) in [6.07, 6.45) is 0.692. The summed E-state index contributed by atoms with van der Waals surface area (Å²) in [4.78, 5) is 28.5. The van der Waals surface area contributed by atoms with E-state index in [9.17, 15) is 9.59 Å². The molecule has 1 aliphatic rings. The van der Waals surface area contributed by atoms with E-state index in [-0.39, 0.29) is 23.7 Å². The van der Waals surface area contributed by atoms with E-state index in [1.165, 1.54) is 0 Å². The van der Waals surface area contributed by atoms with Crippen molar-refractivity contribution in [3.63, 3.8) is 0 Å². The Bertz CT molecular complexity index is 497. The maximum Gasteiger partial charge on any atom is 0.230 e. The quantitative estimate of drug-likeness (QED) is 0.807. The Hall–Kier alpha value is -1.84. The van der Waals surface area contributed by atoms with Gasteiger partial charge in [0.2, 0.25) is 11.8 Å². The number of hydrogen-bond acceptors (Lipinski definition) is 2. The van der Waals surface area contributed by atoms with E-state index in [4.69, 9.17) is 0 Å². The SMILES string of the molecule is CCN(CC)C(=O)C1CC1C(=O)N(CC)c1ccccc1. The largest absolute Gasteiger partial charge is 0.343 e. The van der Waals surface area contributed by atoms with Crippen LogP contribution in [0.15, 0.2) is 30.3 Å².